The van der Waals surface area contributed by atoms with E-state index in [9.17, 15) is 4.79 Å². The maximum absolute atomic E-state index is 11.5. The first kappa shape index (κ1) is 17.4. The van der Waals surface area contributed by atoms with Crippen LogP contribution in [0.15, 0.2) is 0 Å². The van der Waals surface area contributed by atoms with Gasteiger partial charge in [-0.25, -0.2) is 4.79 Å². The normalized spacial score (nSPS) is 23.6. The summed E-state index contributed by atoms with van der Waals surface area (Å²) in [6.45, 7) is 6.51. The van der Waals surface area contributed by atoms with E-state index in [-0.39, 0.29) is 18.7 Å². The van der Waals surface area contributed by atoms with Gasteiger partial charge < -0.3 is 18.9 Å². The van der Waals surface area contributed by atoms with E-state index in [1.807, 2.05) is 20.8 Å². The monoisotopic (exact) mass is 288 g/mol. The van der Waals surface area contributed by atoms with Crippen LogP contribution in [0.25, 0.3) is 0 Å². The third-order valence-electron chi connectivity index (χ3n) is 3.15. The zero-order chi connectivity index (χ0) is 15.0. The van der Waals surface area contributed by atoms with Crippen LogP contribution >= 0.6 is 0 Å². The summed E-state index contributed by atoms with van der Waals surface area (Å²) >= 11 is 0. The molecule has 0 unspecified atom stereocenters. The van der Waals surface area contributed by atoms with Crippen LogP contribution in [-0.2, 0) is 23.7 Å². The van der Waals surface area contributed by atoms with Gasteiger partial charge >= 0.3 is 5.97 Å². The molecular weight excluding hydrogens is 260 g/mol. The predicted octanol–water partition coefficient (Wildman–Crippen LogP) is 2.52. The third-order valence-corrected chi connectivity index (χ3v) is 3.15. The Morgan fingerprint density at radius 2 is 2.00 bits per heavy atom. The number of carbonyl (C=O) groups is 1. The van der Waals surface area contributed by atoms with E-state index in [0.29, 0.717) is 19.3 Å². The molecule has 0 spiro atoms. The van der Waals surface area contributed by atoms with E-state index in [4.69, 9.17) is 18.9 Å². The first-order valence-electron chi connectivity index (χ1n) is 7.31. The fourth-order valence-corrected chi connectivity index (χ4v) is 2.39. The highest BCUT2D eigenvalue weighted by Gasteiger charge is 2.23. The minimum Gasteiger partial charge on any atom is -0.458 e. The van der Waals surface area contributed by atoms with Crippen LogP contribution in [0, 0.1) is 5.92 Å². The van der Waals surface area contributed by atoms with E-state index < -0.39 is 5.60 Å². The number of hydrogen-bond acceptors (Lipinski definition) is 5. The molecule has 0 aliphatic heterocycles. The Morgan fingerprint density at radius 3 is 2.65 bits per heavy atom. The maximum atomic E-state index is 11.5. The first-order valence-corrected chi connectivity index (χ1v) is 7.31. The highest BCUT2D eigenvalue weighted by Crippen LogP contribution is 2.26. The summed E-state index contributed by atoms with van der Waals surface area (Å²) in [4.78, 5) is 11.5. The molecule has 1 aliphatic carbocycles. The fraction of sp³-hybridized carbons (Fsp3) is 0.933. The molecule has 1 fully saturated rings. The number of ether oxygens (including phenoxy) is 4. The summed E-state index contributed by atoms with van der Waals surface area (Å²) in [5, 5.41) is 0. The summed E-state index contributed by atoms with van der Waals surface area (Å²) in [5.41, 5.74) is -0.454. The molecule has 0 heterocycles. The molecule has 0 bridgehead atoms. The van der Waals surface area contributed by atoms with Crippen molar-refractivity contribution in [2.45, 2.75) is 58.2 Å². The van der Waals surface area contributed by atoms with Gasteiger partial charge in [0.2, 0.25) is 0 Å². The second-order valence-corrected chi connectivity index (χ2v) is 6.33. The van der Waals surface area contributed by atoms with Crippen molar-refractivity contribution in [3.63, 3.8) is 0 Å². The van der Waals surface area contributed by atoms with Gasteiger partial charge in [-0.05, 0) is 46.0 Å². The van der Waals surface area contributed by atoms with Gasteiger partial charge in [-0.3, -0.25) is 0 Å². The lowest BCUT2D eigenvalue weighted by molar-refractivity contribution is -0.161. The molecule has 0 radical (unpaired) electrons. The van der Waals surface area contributed by atoms with Gasteiger partial charge in [0.25, 0.3) is 0 Å². The average molecular weight is 288 g/mol. The summed E-state index contributed by atoms with van der Waals surface area (Å²) in [7, 11) is 1.63. The van der Waals surface area contributed by atoms with Crippen molar-refractivity contribution in [2.24, 2.45) is 5.92 Å². The van der Waals surface area contributed by atoms with Crippen LogP contribution in [0.5, 0.6) is 0 Å². The highest BCUT2D eigenvalue weighted by molar-refractivity contribution is 5.71. The first-order chi connectivity index (χ1) is 9.40. The lowest BCUT2D eigenvalue weighted by Gasteiger charge is -2.28. The lowest BCUT2D eigenvalue weighted by atomic mass is 9.88. The van der Waals surface area contributed by atoms with Crippen LogP contribution < -0.4 is 0 Å². The van der Waals surface area contributed by atoms with Crippen molar-refractivity contribution in [2.75, 3.05) is 27.1 Å². The Hall–Kier alpha value is -0.650. The molecule has 2 atom stereocenters. The van der Waals surface area contributed by atoms with Crippen LogP contribution in [0.2, 0.25) is 0 Å². The Morgan fingerprint density at radius 1 is 1.25 bits per heavy atom. The second-order valence-electron chi connectivity index (χ2n) is 6.33. The topological polar surface area (TPSA) is 54.0 Å². The third kappa shape index (κ3) is 7.82. The van der Waals surface area contributed by atoms with E-state index in [0.717, 1.165) is 25.7 Å². The fourth-order valence-electron chi connectivity index (χ4n) is 2.39. The van der Waals surface area contributed by atoms with Crippen LogP contribution in [0.1, 0.15) is 46.5 Å². The second kappa shape index (κ2) is 8.60. The van der Waals surface area contributed by atoms with Gasteiger partial charge in [0.15, 0.2) is 0 Å². The zero-order valence-corrected chi connectivity index (χ0v) is 13.1. The summed E-state index contributed by atoms with van der Waals surface area (Å²) in [6, 6.07) is 0. The standard InChI is InChI=1S/C15H28O5/c1-15(2,3)20-14(16)10-18-9-12-6-5-7-13(8-12)19-11-17-4/h12-13H,5-11H2,1-4H3/t12-,13+/m1/s1. The predicted molar refractivity (Wildman–Crippen MR) is 75.4 cm³/mol. The van der Waals surface area contributed by atoms with E-state index >= 15 is 0 Å². The smallest absolute Gasteiger partial charge is 0.332 e. The molecule has 0 saturated heterocycles. The number of esters is 1. The molecule has 20 heavy (non-hydrogen) atoms. The van der Waals surface area contributed by atoms with Gasteiger partial charge in [0.05, 0.1) is 12.7 Å². The van der Waals surface area contributed by atoms with E-state index in [1.54, 1.807) is 7.11 Å². The number of methoxy groups -OCH3 is 1. The molecule has 5 heteroatoms. The highest BCUT2D eigenvalue weighted by atomic mass is 16.7. The maximum Gasteiger partial charge on any atom is 0.332 e. The molecule has 0 aromatic heterocycles. The molecule has 0 aromatic rings. The van der Waals surface area contributed by atoms with Crippen molar-refractivity contribution in [1.82, 2.24) is 0 Å². The van der Waals surface area contributed by atoms with Crippen LogP contribution in [0.4, 0.5) is 0 Å². The van der Waals surface area contributed by atoms with Crippen molar-refractivity contribution < 1.29 is 23.7 Å². The molecule has 118 valence electrons. The minimum absolute atomic E-state index is 0.0252. The Bertz CT molecular complexity index is 284. The van der Waals surface area contributed by atoms with Crippen molar-refractivity contribution in [3.8, 4) is 0 Å². The molecule has 0 N–H and O–H groups in total. The largest absolute Gasteiger partial charge is 0.458 e. The molecule has 1 saturated carbocycles. The average Bonchev–Trinajstić information content (AvgIpc) is 2.34. The quantitative estimate of drug-likeness (QED) is 0.532. The summed E-state index contributed by atoms with van der Waals surface area (Å²) < 4.78 is 21.2. The van der Waals surface area contributed by atoms with Gasteiger partial charge in [-0.2, -0.15) is 0 Å². The molecular formula is C15H28O5. The Labute approximate surface area is 121 Å². The Kier molecular flexibility index (Phi) is 7.48. The lowest BCUT2D eigenvalue weighted by Crippen LogP contribution is -2.29. The van der Waals surface area contributed by atoms with Crippen molar-refractivity contribution in [3.05, 3.63) is 0 Å². The van der Waals surface area contributed by atoms with Crippen LogP contribution in [0.3, 0.4) is 0 Å². The minimum atomic E-state index is -0.454. The zero-order valence-electron chi connectivity index (χ0n) is 13.1. The van der Waals surface area contributed by atoms with Gasteiger partial charge in [-0.1, -0.05) is 6.42 Å². The van der Waals surface area contributed by atoms with Crippen molar-refractivity contribution in [1.29, 1.82) is 0 Å². The molecule has 5 nitrogen and oxygen atoms in total. The van der Waals surface area contributed by atoms with Crippen LogP contribution in [-0.4, -0.2) is 44.8 Å². The summed E-state index contributed by atoms with van der Waals surface area (Å²) in [6.07, 6.45) is 4.55. The van der Waals surface area contributed by atoms with Gasteiger partial charge in [-0.15, -0.1) is 0 Å². The number of carbonyl (C=O) groups excluding carboxylic acids is 1. The number of rotatable bonds is 7. The number of hydrogen-bond donors (Lipinski definition) is 0. The Balaban J connectivity index is 2.16. The molecule has 0 aromatic carbocycles. The molecule has 0 amide bonds. The molecule has 1 rings (SSSR count). The van der Waals surface area contributed by atoms with Crippen molar-refractivity contribution >= 4 is 5.97 Å². The summed E-state index contributed by atoms with van der Waals surface area (Å²) in [5.74, 6) is 0.147. The SMILES string of the molecule is COCO[C@H]1CCC[C@@H](COCC(=O)OC(C)(C)C)C1. The van der Waals surface area contributed by atoms with E-state index in [2.05, 4.69) is 0 Å². The van der Waals surface area contributed by atoms with E-state index in [1.165, 1.54) is 0 Å². The van der Waals surface area contributed by atoms with Gasteiger partial charge in [0, 0.05) is 7.11 Å². The van der Waals surface area contributed by atoms with Gasteiger partial charge in [0.1, 0.15) is 19.0 Å². The molecule has 1 aliphatic rings.